The van der Waals surface area contributed by atoms with E-state index in [0.29, 0.717) is 38.6 Å². The summed E-state index contributed by atoms with van der Waals surface area (Å²) in [5.74, 6) is -0.347. The number of piperazine rings is 1. The number of carbonyl (C=O) groups is 2. The maximum atomic E-state index is 16.5. The summed E-state index contributed by atoms with van der Waals surface area (Å²) in [4.78, 5) is 32.8. The largest absolute Gasteiger partial charge is 0.378 e. The van der Waals surface area contributed by atoms with Gasteiger partial charge in [0.05, 0.1) is 24.5 Å². The Morgan fingerprint density at radius 2 is 1.91 bits per heavy atom. The third-order valence-electron chi connectivity index (χ3n) is 11.5. The van der Waals surface area contributed by atoms with Crippen LogP contribution in [0, 0.1) is 23.7 Å². The van der Waals surface area contributed by atoms with Crippen LogP contribution in [-0.4, -0.2) is 114 Å². The highest BCUT2D eigenvalue weighted by atomic mass is 19.1. The predicted molar refractivity (Wildman–Crippen MR) is 161 cm³/mol. The molecule has 43 heavy (non-hydrogen) atoms. The zero-order valence-electron chi connectivity index (χ0n) is 26.1. The van der Waals surface area contributed by atoms with Crippen LogP contribution in [0.4, 0.5) is 13.6 Å². The number of carbonyl (C=O) groups excluding carboxylic acids is 2. The summed E-state index contributed by atoms with van der Waals surface area (Å²) >= 11 is 0. The van der Waals surface area contributed by atoms with Gasteiger partial charge in [0.2, 0.25) is 5.91 Å². The number of nitrogens with one attached hydrogen (secondary N) is 3. The molecule has 5 saturated heterocycles. The number of amides is 3. The molecule has 3 amide bonds. The highest BCUT2D eigenvalue weighted by Gasteiger charge is 2.57. The fourth-order valence-corrected chi connectivity index (χ4v) is 9.43. The zero-order valence-corrected chi connectivity index (χ0v) is 26.1. The number of hydrogen-bond acceptors (Lipinski definition) is 6. The number of ether oxygens (including phenoxy) is 1. The number of alkyl halides is 2. The number of rotatable bonds is 3. The van der Waals surface area contributed by atoms with E-state index in [0.717, 1.165) is 38.6 Å². The molecule has 1 aliphatic carbocycles. The predicted octanol–water partition coefficient (Wildman–Crippen LogP) is 3.02. The van der Waals surface area contributed by atoms with Crippen LogP contribution >= 0.6 is 0 Å². The lowest BCUT2D eigenvalue weighted by atomic mass is 9.72. The number of piperidine rings is 2. The summed E-state index contributed by atoms with van der Waals surface area (Å²) in [5.41, 5.74) is 0. The quantitative estimate of drug-likeness (QED) is 0.429. The first-order valence-electron chi connectivity index (χ1n) is 16.8. The number of fused-ring (bicyclic) bond motifs is 5. The highest BCUT2D eigenvalue weighted by Crippen LogP contribution is 2.43. The smallest absolute Gasteiger partial charge is 0.320 e. The van der Waals surface area contributed by atoms with Crippen LogP contribution in [0.3, 0.4) is 0 Å². The van der Waals surface area contributed by atoms with Gasteiger partial charge in [0.1, 0.15) is 12.3 Å². The van der Waals surface area contributed by atoms with Crippen molar-refractivity contribution >= 4 is 11.9 Å². The van der Waals surface area contributed by atoms with Gasteiger partial charge < -0.3 is 25.2 Å². The Morgan fingerprint density at radius 1 is 1.09 bits per heavy atom. The van der Waals surface area contributed by atoms with Crippen LogP contribution in [0.15, 0.2) is 12.7 Å². The second-order valence-electron chi connectivity index (χ2n) is 14.3. The molecule has 0 radical (unpaired) electrons. The van der Waals surface area contributed by atoms with Crippen molar-refractivity contribution in [1.29, 1.82) is 0 Å². The minimum Gasteiger partial charge on any atom is -0.378 e. The lowest BCUT2D eigenvalue weighted by Crippen LogP contribution is -2.80. The molecule has 6 fully saturated rings. The van der Waals surface area contributed by atoms with Gasteiger partial charge in [0, 0.05) is 56.2 Å². The molecular weight excluding hydrogens is 554 g/mol. The van der Waals surface area contributed by atoms with E-state index < -0.39 is 36.6 Å². The van der Waals surface area contributed by atoms with Crippen LogP contribution in [0.1, 0.15) is 65.7 Å². The van der Waals surface area contributed by atoms with E-state index in [1.807, 2.05) is 4.90 Å². The molecule has 6 aliphatic rings. The molecule has 6 rings (SSSR count). The van der Waals surface area contributed by atoms with Crippen LogP contribution in [0.25, 0.3) is 0 Å². The van der Waals surface area contributed by atoms with Crippen molar-refractivity contribution in [1.82, 2.24) is 30.7 Å². The van der Waals surface area contributed by atoms with Crippen molar-refractivity contribution in [2.75, 3.05) is 32.8 Å². The van der Waals surface area contributed by atoms with Crippen molar-refractivity contribution in [3.63, 3.8) is 0 Å². The number of urea groups is 1. The lowest BCUT2D eigenvalue weighted by molar-refractivity contribution is -0.134. The minimum atomic E-state index is -1.27. The fraction of sp³-hybridized carbons (Fsp3) is 0.875. The van der Waals surface area contributed by atoms with Crippen LogP contribution in [0.2, 0.25) is 0 Å². The molecule has 5 aliphatic heterocycles. The Balaban J connectivity index is 1.37. The molecule has 3 N–H and O–H groups in total. The van der Waals surface area contributed by atoms with E-state index >= 15 is 8.78 Å². The maximum absolute atomic E-state index is 16.5. The van der Waals surface area contributed by atoms with Gasteiger partial charge >= 0.3 is 6.03 Å². The maximum Gasteiger partial charge on any atom is 0.320 e. The van der Waals surface area contributed by atoms with Crippen LogP contribution in [0.5, 0.6) is 0 Å². The van der Waals surface area contributed by atoms with Gasteiger partial charge in [-0.15, -0.1) is 0 Å². The summed E-state index contributed by atoms with van der Waals surface area (Å²) in [6.45, 7) is 13.1. The first kappa shape index (κ1) is 31.2. The Morgan fingerprint density at radius 3 is 2.65 bits per heavy atom. The minimum absolute atomic E-state index is 0.0320. The normalized spacial score (nSPS) is 44.4. The molecule has 9 nitrogen and oxygen atoms in total. The van der Waals surface area contributed by atoms with Gasteiger partial charge in [-0.25, -0.2) is 13.6 Å². The average Bonchev–Trinajstić information content (AvgIpc) is 2.98. The second kappa shape index (κ2) is 12.9. The highest BCUT2D eigenvalue weighted by molar-refractivity contribution is 5.87. The Bertz CT molecular complexity index is 1040. The topological polar surface area (TPSA) is 89.2 Å². The molecule has 5 heterocycles. The van der Waals surface area contributed by atoms with Crippen molar-refractivity contribution in [2.45, 2.75) is 121 Å². The molecule has 11 heteroatoms. The van der Waals surface area contributed by atoms with Crippen molar-refractivity contribution < 1.29 is 23.1 Å². The third-order valence-corrected chi connectivity index (χ3v) is 11.5. The summed E-state index contributed by atoms with van der Waals surface area (Å²) in [7, 11) is 0. The van der Waals surface area contributed by atoms with Gasteiger partial charge in [-0.3, -0.25) is 15.0 Å². The lowest BCUT2D eigenvalue weighted by Gasteiger charge is -2.60. The van der Waals surface area contributed by atoms with E-state index in [1.165, 1.54) is 6.08 Å². The van der Waals surface area contributed by atoms with Gasteiger partial charge in [-0.05, 0) is 76.3 Å². The Labute approximate surface area is 255 Å². The average molecular weight is 607 g/mol. The van der Waals surface area contributed by atoms with Crippen molar-refractivity contribution in [2.24, 2.45) is 23.7 Å². The van der Waals surface area contributed by atoms with E-state index in [2.05, 4.69) is 48.2 Å². The Hall–Kier alpha value is -1.82. The van der Waals surface area contributed by atoms with Gasteiger partial charge in [-0.2, -0.15) is 0 Å². The molecule has 1 saturated carbocycles. The summed E-state index contributed by atoms with van der Waals surface area (Å²) in [6.07, 6.45) is 2.68. The number of hydrogen-bond donors (Lipinski definition) is 3. The van der Waals surface area contributed by atoms with E-state index in [1.54, 1.807) is 4.90 Å². The molecule has 0 aromatic carbocycles. The molecule has 242 valence electrons. The standard InChI is InChI=1S/C32H52F2N6O3/c1-5-25(41)38-13-14-39(19(4)17-38)30-21-16-23(34)28-26-22(33)9-6-10-24(26)43-15-7-8-20-11-12-35-27(18(2)3)29(20)40(31(21)36-28)32(42)37-30/h5,18-24,26-31,35-36H,1,6-17H2,2-4H3,(H,37,42)/t19-,20?,21?,22?,23?,24?,26?,27?,28?,29?,30?,31?/m0/s1. The molecule has 12 atom stereocenters. The summed E-state index contributed by atoms with van der Waals surface area (Å²) < 4.78 is 38.6. The molecular formula is C32H52F2N6O3. The number of nitrogens with zero attached hydrogens (tertiary/aromatic N) is 3. The van der Waals surface area contributed by atoms with Crippen molar-refractivity contribution in [3.05, 3.63) is 12.7 Å². The monoisotopic (exact) mass is 606 g/mol. The molecule has 11 unspecified atom stereocenters. The fourth-order valence-electron chi connectivity index (χ4n) is 9.43. The zero-order chi connectivity index (χ0) is 30.4. The second-order valence-corrected chi connectivity index (χ2v) is 14.3. The van der Waals surface area contributed by atoms with Crippen molar-refractivity contribution in [3.8, 4) is 0 Å². The first-order chi connectivity index (χ1) is 20.7. The van der Waals surface area contributed by atoms with Gasteiger partial charge in [-0.1, -0.05) is 20.4 Å². The number of halogens is 2. The van der Waals surface area contributed by atoms with E-state index in [4.69, 9.17) is 4.74 Å². The van der Waals surface area contributed by atoms with Gasteiger partial charge in [0.25, 0.3) is 0 Å². The molecule has 0 spiro atoms. The van der Waals surface area contributed by atoms with Crippen LogP contribution in [-0.2, 0) is 9.53 Å². The van der Waals surface area contributed by atoms with Gasteiger partial charge in [0.15, 0.2) is 0 Å². The Kier molecular flexibility index (Phi) is 9.34. The third kappa shape index (κ3) is 5.84. The first-order valence-corrected chi connectivity index (χ1v) is 16.8. The SMILES string of the molecule is C=CC(=O)N1CCN(C2NC(=O)N3C4NC(C(F)CC42)C2C(F)CCCC2OCCCC2CCNC(C(C)C)C23)[C@@H](C)C1. The summed E-state index contributed by atoms with van der Waals surface area (Å²) in [6, 6.07) is -0.870. The molecule has 0 aromatic rings. The van der Waals surface area contributed by atoms with Crippen LogP contribution < -0.4 is 16.0 Å². The van der Waals surface area contributed by atoms with E-state index in [-0.39, 0.29) is 54.4 Å². The molecule has 2 bridgehead atoms. The summed E-state index contributed by atoms with van der Waals surface area (Å²) in [5, 5.41) is 10.7. The molecule has 0 aromatic heterocycles. The van der Waals surface area contributed by atoms with E-state index in [9.17, 15) is 9.59 Å².